The van der Waals surface area contributed by atoms with Crippen molar-refractivity contribution in [2.24, 2.45) is 11.3 Å². The van der Waals surface area contributed by atoms with Crippen molar-refractivity contribution in [2.75, 3.05) is 12.4 Å². The summed E-state index contributed by atoms with van der Waals surface area (Å²) in [6.45, 7) is 5.81. The molecule has 0 amide bonds. The van der Waals surface area contributed by atoms with E-state index in [0.29, 0.717) is 12.2 Å². The fourth-order valence-corrected chi connectivity index (χ4v) is 3.16. The van der Waals surface area contributed by atoms with Crippen LogP contribution in [0.5, 0.6) is 0 Å². The van der Waals surface area contributed by atoms with Crippen LogP contribution in [0, 0.1) is 11.3 Å². The van der Waals surface area contributed by atoms with Gasteiger partial charge in [0.15, 0.2) is 0 Å². The van der Waals surface area contributed by atoms with Crippen molar-refractivity contribution in [3.63, 3.8) is 0 Å². The molecule has 1 heterocycles. The highest BCUT2D eigenvalue weighted by Gasteiger charge is 2.48. The molecule has 1 saturated heterocycles. The highest BCUT2D eigenvalue weighted by Crippen LogP contribution is 2.37. The van der Waals surface area contributed by atoms with E-state index >= 15 is 0 Å². The van der Waals surface area contributed by atoms with Crippen molar-refractivity contribution in [1.82, 2.24) is 0 Å². The molecule has 3 nitrogen and oxygen atoms in total. The number of carbonyl (C=O) groups is 2. The number of esters is 1. The zero-order chi connectivity index (χ0) is 14.6. The predicted octanol–water partition coefficient (Wildman–Crippen LogP) is 3.10. The van der Waals surface area contributed by atoms with E-state index in [1.165, 1.54) is 0 Å². The number of benzene rings is 1. The maximum absolute atomic E-state index is 12.3. The number of rotatable bonds is 6. The first-order chi connectivity index (χ1) is 9.57. The van der Waals surface area contributed by atoms with E-state index in [0.717, 1.165) is 4.90 Å². The minimum absolute atomic E-state index is 0.0571. The van der Waals surface area contributed by atoms with Crippen molar-refractivity contribution in [3.05, 3.63) is 43.0 Å². The second-order valence-electron chi connectivity index (χ2n) is 5.13. The Labute approximate surface area is 123 Å². The lowest BCUT2D eigenvalue weighted by atomic mass is 9.77. The van der Waals surface area contributed by atoms with Gasteiger partial charge in [-0.3, -0.25) is 9.59 Å². The van der Waals surface area contributed by atoms with Crippen molar-refractivity contribution < 1.29 is 14.3 Å². The van der Waals surface area contributed by atoms with Gasteiger partial charge in [-0.25, -0.2) is 0 Å². The lowest BCUT2D eigenvalue weighted by Crippen LogP contribution is -2.32. The molecular formula is C16H18O3S. The summed E-state index contributed by atoms with van der Waals surface area (Å²) in [5.74, 6) is -0.503. The minimum Gasteiger partial charge on any atom is -0.464 e. The third-order valence-corrected chi connectivity index (χ3v) is 4.58. The molecule has 0 N–H and O–H groups in total. The van der Waals surface area contributed by atoms with E-state index in [9.17, 15) is 9.59 Å². The van der Waals surface area contributed by atoms with Crippen LogP contribution in [-0.4, -0.2) is 24.1 Å². The smallest absolute Gasteiger partial charge is 0.317 e. The first-order valence-electron chi connectivity index (χ1n) is 6.57. The molecule has 1 fully saturated rings. The molecule has 1 aromatic carbocycles. The molecule has 20 heavy (non-hydrogen) atoms. The molecule has 0 bridgehead atoms. The summed E-state index contributed by atoms with van der Waals surface area (Å²) in [4.78, 5) is 25.1. The van der Waals surface area contributed by atoms with Crippen LogP contribution >= 0.6 is 11.8 Å². The fraction of sp³-hybridized carbons (Fsp3) is 0.375. The van der Waals surface area contributed by atoms with Crippen LogP contribution in [0.1, 0.15) is 13.3 Å². The van der Waals surface area contributed by atoms with Gasteiger partial charge in [0.25, 0.3) is 0 Å². The van der Waals surface area contributed by atoms with Gasteiger partial charge in [-0.1, -0.05) is 31.2 Å². The van der Waals surface area contributed by atoms with E-state index in [-0.39, 0.29) is 12.4 Å². The number of ether oxygens (including phenoxy) is 1. The first kappa shape index (κ1) is 14.9. The van der Waals surface area contributed by atoms with E-state index < -0.39 is 17.3 Å². The van der Waals surface area contributed by atoms with Gasteiger partial charge in [0, 0.05) is 22.5 Å². The highest BCUT2D eigenvalue weighted by atomic mass is 32.2. The lowest BCUT2D eigenvalue weighted by Gasteiger charge is -2.21. The van der Waals surface area contributed by atoms with Crippen LogP contribution in [0.2, 0.25) is 0 Å². The molecule has 106 valence electrons. The summed E-state index contributed by atoms with van der Waals surface area (Å²) in [5.41, 5.74) is -0.564. The van der Waals surface area contributed by atoms with E-state index in [1.807, 2.05) is 37.3 Å². The van der Waals surface area contributed by atoms with Crippen LogP contribution in [0.15, 0.2) is 47.9 Å². The Morgan fingerprint density at radius 1 is 1.50 bits per heavy atom. The summed E-state index contributed by atoms with van der Waals surface area (Å²) in [6.07, 6.45) is 2.02. The SMILES string of the molecule is C=C[C@]1(C)COC(=O)C1C(=O)CCSc1ccccc1. The Morgan fingerprint density at radius 3 is 2.85 bits per heavy atom. The summed E-state index contributed by atoms with van der Waals surface area (Å²) < 4.78 is 5.02. The number of hydrogen-bond acceptors (Lipinski definition) is 4. The average molecular weight is 290 g/mol. The van der Waals surface area contributed by atoms with Gasteiger partial charge >= 0.3 is 5.97 Å². The molecule has 1 aromatic rings. The Bertz CT molecular complexity index is 512. The number of thioether (sulfide) groups is 1. The molecule has 2 rings (SSSR count). The molecule has 1 unspecified atom stereocenters. The molecule has 1 aliphatic rings. The molecule has 4 heteroatoms. The van der Waals surface area contributed by atoms with Crippen LogP contribution in [0.3, 0.4) is 0 Å². The van der Waals surface area contributed by atoms with Gasteiger partial charge in [-0.05, 0) is 12.1 Å². The quantitative estimate of drug-likeness (QED) is 0.349. The second kappa shape index (κ2) is 6.27. The van der Waals surface area contributed by atoms with Crippen molar-refractivity contribution in [2.45, 2.75) is 18.2 Å². The third-order valence-electron chi connectivity index (χ3n) is 3.57. The first-order valence-corrected chi connectivity index (χ1v) is 7.56. The Kier molecular flexibility index (Phi) is 4.65. The summed E-state index contributed by atoms with van der Waals surface area (Å²) in [6, 6.07) is 9.90. The van der Waals surface area contributed by atoms with Crippen molar-refractivity contribution in [3.8, 4) is 0 Å². The van der Waals surface area contributed by atoms with Crippen LogP contribution in [-0.2, 0) is 14.3 Å². The zero-order valence-electron chi connectivity index (χ0n) is 11.5. The number of ketones is 1. The van der Waals surface area contributed by atoms with E-state index in [4.69, 9.17) is 4.74 Å². The third kappa shape index (κ3) is 3.12. The number of Topliss-reactive ketones (excluding diaryl/α,β-unsaturated/α-hetero) is 1. The van der Waals surface area contributed by atoms with Gasteiger partial charge < -0.3 is 4.74 Å². The lowest BCUT2D eigenvalue weighted by molar-refractivity contribution is -0.144. The normalized spacial score (nSPS) is 25.2. The zero-order valence-corrected chi connectivity index (χ0v) is 12.3. The van der Waals surface area contributed by atoms with Crippen molar-refractivity contribution >= 4 is 23.5 Å². The van der Waals surface area contributed by atoms with E-state index in [2.05, 4.69) is 6.58 Å². The maximum Gasteiger partial charge on any atom is 0.317 e. The van der Waals surface area contributed by atoms with Crippen LogP contribution in [0.25, 0.3) is 0 Å². The Hall–Kier alpha value is -1.55. The Morgan fingerprint density at radius 2 is 2.20 bits per heavy atom. The number of hydrogen-bond donors (Lipinski definition) is 0. The van der Waals surface area contributed by atoms with Gasteiger partial charge in [-0.2, -0.15) is 0 Å². The van der Waals surface area contributed by atoms with Gasteiger partial charge in [0.05, 0.1) is 0 Å². The standard InChI is InChI=1S/C16H18O3S/c1-3-16(2)11-19-15(18)14(16)13(17)9-10-20-12-7-5-4-6-8-12/h3-8,14H,1,9-11H2,2H3/t14?,16-/m1/s1. The van der Waals surface area contributed by atoms with Gasteiger partial charge in [0.2, 0.25) is 0 Å². The van der Waals surface area contributed by atoms with Crippen molar-refractivity contribution in [1.29, 1.82) is 0 Å². The predicted molar refractivity (Wildman–Crippen MR) is 79.5 cm³/mol. The minimum atomic E-state index is -0.698. The van der Waals surface area contributed by atoms with Gasteiger partial charge in [-0.15, -0.1) is 18.3 Å². The molecule has 0 saturated carbocycles. The van der Waals surface area contributed by atoms with Crippen LogP contribution in [0.4, 0.5) is 0 Å². The topological polar surface area (TPSA) is 43.4 Å². The summed E-state index contributed by atoms with van der Waals surface area (Å²) >= 11 is 1.62. The fourth-order valence-electron chi connectivity index (χ4n) is 2.27. The Balaban J connectivity index is 1.91. The van der Waals surface area contributed by atoms with Crippen LogP contribution < -0.4 is 0 Å². The van der Waals surface area contributed by atoms with E-state index in [1.54, 1.807) is 17.8 Å². The molecule has 2 atom stereocenters. The highest BCUT2D eigenvalue weighted by molar-refractivity contribution is 7.99. The molecule has 0 aromatic heterocycles. The van der Waals surface area contributed by atoms with Gasteiger partial charge in [0.1, 0.15) is 18.3 Å². The molecule has 0 radical (unpaired) electrons. The largest absolute Gasteiger partial charge is 0.464 e. The summed E-state index contributed by atoms with van der Waals surface area (Å²) in [7, 11) is 0. The molecular weight excluding hydrogens is 272 g/mol. The number of carbonyl (C=O) groups excluding carboxylic acids is 2. The summed E-state index contributed by atoms with van der Waals surface area (Å²) in [5, 5.41) is 0. The average Bonchev–Trinajstić information content (AvgIpc) is 2.76. The molecule has 1 aliphatic heterocycles. The molecule has 0 spiro atoms. The second-order valence-corrected chi connectivity index (χ2v) is 6.30. The molecule has 0 aliphatic carbocycles. The number of cyclic esters (lactones) is 1. The monoisotopic (exact) mass is 290 g/mol. The maximum atomic E-state index is 12.3.